The Morgan fingerprint density at radius 3 is 2.75 bits per heavy atom. The lowest BCUT2D eigenvalue weighted by atomic mass is 10.1. The molecule has 2 aliphatic rings. The fourth-order valence-electron chi connectivity index (χ4n) is 3.37. The Kier molecular flexibility index (Phi) is 6.12. The molecule has 0 saturated carbocycles. The van der Waals surface area contributed by atoms with E-state index in [9.17, 15) is 14.7 Å². The summed E-state index contributed by atoms with van der Waals surface area (Å²) in [6, 6.07) is 0. The molecule has 1 aromatic heterocycles. The maximum atomic E-state index is 12.2. The summed E-state index contributed by atoms with van der Waals surface area (Å²) in [6.07, 6.45) is 4.48. The molecule has 9 heteroatoms. The molecule has 3 rings (SSSR count). The molecule has 0 aliphatic carbocycles. The lowest BCUT2D eigenvalue weighted by Gasteiger charge is -2.24. The van der Waals surface area contributed by atoms with Gasteiger partial charge in [-0.3, -0.25) is 0 Å². The maximum absolute atomic E-state index is 12.2. The highest BCUT2D eigenvalue weighted by Crippen LogP contribution is 2.27. The molecule has 1 N–H and O–H groups in total. The molecule has 2 fully saturated rings. The Balaban J connectivity index is 1.57. The van der Waals surface area contributed by atoms with Crippen LogP contribution in [0.25, 0.3) is 0 Å². The van der Waals surface area contributed by atoms with Crippen molar-refractivity contribution in [1.29, 1.82) is 0 Å². The van der Waals surface area contributed by atoms with Crippen molar-refractivity contribution in [1.82, 2.24) is 14.7 Å². The number of rotatable bonds is 5. The van der Waals surface area contributed by atoms with E-state index in [0.717, 1.165) is 25.7 Å². The van der Waals surface area contributed by atoms with Crippen molar-refractivity contribution in [2.75, 3.05) is 26.3 Å². The van der Waals surface area contributed by atoms with E-state index >= 15 is 0 Å². The SMILES string of the molecule is CC(C)(C)OC(=O)N1CCC(COc2nn(C3CCCCO3)cc2C(=O)O)C1. The van der Waals surface area contributed by atoms with Crippen LogP contribution in [-0.2, 0) is 9.47 Å². The number of carboxylic acids is 1. The number of carboxylic acid groups (broad SMARTS) is 1. The molecule has 1 amide bonds. The average molecular weight is 395 g/mol. The highest BCUT2D eigenvalue weighted by atomic mass is 16.6. The first-order valence-electron chi connectivity index (χ1n) is 9.78. The summed E-state index contributed by atoms with van der Waals surface area (Å²) in [7, 11) is 0. The Labute approximate surface area is 164 Å². The number of nitrogens with zero attached hydrogens (tertiary/aromatic N) is 3. The molecule has 2 aliphatic heterocycles. The molecule has 2 unspecified atom stereocenters. The number of aromatic carboxylic acids is 1. The van der Waals surface area contributed by atoms with Crippen LogP contribution in [0.15, 0.2) is 6.20 Å². The van der Waals surface area contributed by atoms with Crippen LogP contribution < -0.4 is 4.74 Å². The lowest BCUT2D eigenvalue weighted by molar-refractivity contribution is -0.0401. The summed E-state index contributed by atoms with van der Waals surface area (Å²) in [4.78, 5) is 25.4. The Bertz CT molecular complexity index is 705. The molecule has 9 nitrogen and oxygen atoms in total. The minimum Gasteiger partial charge on any atom is -0.477 e. The molecular formula is C19H29N3O6. The Hall–Kier alpha value is -2.29. The van der Waals surface area contributed by atoms with Crippen LogP contribution in [0.4, 0.5) is 4.79 Å². The fourth-order valence-corrected chi connectivity index (χ4v) is 3.37. The van der Waals surface area contributed by atoms with Gasteiger partial charge in [-0.1, -0.05) is 0 Å². The number of carbonyl (C=O) groups is 2. The van der Waals surface area contributed by atoms with E-state index in [1.807, 2.05) is 20.8 Å². The summed E-state index contributed by atoms with van der Waals surface area (Å²) < 4.78 is 18.3. The molecule has 0 spiro atoms. The predicted molar refractivity (Wildman–Crippen MR) is 99.4 cm³/mol. The second-order valence-corrected chi connectivity index (χ2v) is 8.35. The first kappa shape index (κ1) is 20.4. The number of carbonyl (C=O) groups excluding carboxylic acids is 1. The van der Waals surface area contributed by atoms with E-state index in [4.69, 9.17) is 14.2 Å². The predicted octanol–water partition coefficient (Wildman–Crippen LogP) is 2.92. The van der Waals surface area contributed by atoms with Crippen molar-refractivity contribution in [3.63, 3.8) is 0 Å². The molecule has 156 valence electrons. The maximum Gasteiger partial charge on any atom is 0.410 e. The van der Waals surface area contributed by atoms with Gasteiger partial charge in [-0.2, -0.15) is 0 Å². The normalized spacial score (nSPS) is 22.9. The van der Waals surface area contributed by atoms with Gasteiger partial charge in [0.2, 0.25) is 5.88 Å². The molecular weight excluding hydrogens is 366 g/mol. The Morgan fingerprint density at radius 1 is 1.32 bits per heavy atom. The van der Waals surface area contributed by atoms with E-state index in [0.29, 0.717) is 26.3 Å². The average Bonchev–Trinajstić information content (AvgIpc) is 3.26. The number of likely N-dealkylation sites (tertiary alicyclic amines) is 1. The summed E-state index contributed by atoms with van der Waals surface area (Å²) in [5, 5.41) is 13.8. The van der Waals surface area contributed by atoms with E-state index in [2.05, 4.69) is 5.10 Å². The molecule has 0 aromatic carbocycles. The van der Waals surface area contributed by atoms with Gasteiger partial charge in [-0.25, -0.2) is 14.3 Å². The van der Waals surface area contributed by atoms with Gasteiger partial charge >= 0.3 is 12.1 Å². The smallest absolute Gasteiger partial charge is 0.410 e. The van der Waals surface area contributed by atoms with Gasteiger partial charge in [-0.05, 0) is 46.5 Å². The number of ether oxygens (including phenoxy) is 3. The number of aromatic nitrogens is 2. The third-order valence-corrected chi connectivity index (χ3v) is 4.77. The zero-order valence-corrected chi connectivity index (χ0v) is 16.7. The van der Waals surface area contributed by atoms with Crippen molar-refractivity contribution in [2.45, 2.75) is 58.3 Å². The van der Waals surface area contributed by atoms with Crippen molar-refractivity contribution >= 4 is 12.1 Å². The topological polar surface area (TPSA) is 103 Å². The summed E-state index contributed by atoms with van der Waals surface area (Å²) >= 11 is 0. The van der Waals surface area contributed by atoms with Crippen LogP contribution in [0, 0.1) is 5.92 Å². The van der Waals surface area contributed by atoms with Gasteiger partial charge in [0.05, 0.1) is 6.61 Å². The van der Waals surface area contributed by atoms with Crippen LogP contribution in [0.2, 0.25) is 0 Å². The molecule has 2 atom stereocenters. The molecule has 3 heterocycles. The van der Waals surface area contributed by atoms with Gasteiger partial charge in [0, 0.05) is 31.8 Å². The molecule has 1 aromatic rings. The summed E-state index contributed by atoms with van der Waals surface area (Å²) in [5.74, 6) is -0.888. The van der Waals surface area contributed by atoms with Crippen LogP contribution in [0.1, 0.15) is 63.0 Å². The Morgan fingerprint density at radius 2 is 2.11 bits per heavy atom. The first-order valence-corrected chi connectivity index (χ1v) is 9.78. The van der Waals surface area contributed by atoms with Crippen LogP contribution in [0.5, 0.6) is 5.88 Å². The highest BCUT2D eigenvalue weighted by Gasteiger charge is 2.31. The zero-order valence-electron chi connectivity index (χ0n) is 16.7. The monoisotopic (exact) mass is 395 g/mol. The summed E-state index contributed by atoms with van der Waals surface area (Å²) in [6.45, 7) is 7.56. The zero-order chi connectivity index (χ0) is 20.3. The minimum atomic E-state index is -1.08. The van der Waals surface area contributed by atoms with E-state index in [-0.39, 0.29) is 29.7 Å². The van der Waals surface area contributed by atoms with Crippen molar-refractivity contribution in [2.24, 2.45) is 5.92 Å². The van der Waals surface area contributed by atoms with Gasteiger partial charge < -0.3 is 24.2 Å². The van der Waals surface area contributed by atoms with Crippen molar-refractivity contribution in [3.8, 4) is 5.88 Å². The number of hydrogen-bond acceptors (Lipinski definition) is 6. The third kappa shape index (κ3) is 5.15. The van der Waals surface area contributed by atoms with Crippen LogP contribution in [-0.4, -0.2) is 63.8 Å². The number of amides is 1. The minimum absolute atomic E-state index is 0.0242. The second kappa shape index (κ2) is 8.38. The quantitative estimate of drug-likeness (QED) is 0.817. The van der Waals surface area contributed by atoms with Crippen LogP contribution >= 0.6 is 0 Å². The first-order chi connectivity index (χ1) is 13.2. The lowest BCUT2D eigenvalue weighted by Crippen LogP contribution is -2.35. The van der Waals surface area contributed by atoms with Crippen molar-refractivity contribution < 1.29 is 28.9 Å². The van der Waals surface area contributed by atoms with Crippen molar-refractivity contribution in [3.05, 3.63) is 11.8 Å². The van der Waals surface area contributed by atoms with Gasteiger partial charge in [0.25, 0.3) is 0 Å². The van der Waals surface area contributed by atoms with E-state index in [1.165, 1.54) is 6.20 Å². The molecule has 0 radical (unpaired) electrons. The van der Waals surface area contributed by atoms with E-state index in [1.54, 1.807) is 9.58 Å². The third-order valence-electron chi connectivity index (χ3n) is 4.77. The van der Waals surface area contributed by atoms with Crippen LogP contribution in [0.3, 0.4) is 0 Å². The van der Waals surface area contributed by atoms with Gasteiger partial charge in [-0.15, -0.1) is 5.10 Å². The van der Waals surface area contributed by atoms with Gasteiger partial charge in [0.15, 0.2) is 0 Å². The molecule has 2 saturated heterocycles. The van der Waals surface area contributed by atoms with E-state index < -0.39 is 11.6 Å². The summed E-state index contributed by atoms with van der Waals surface area (Å²) in [5.41, 5.74) is -0.507. The molecule has 28 heavy (non-hydrogen) atoms. The second-order valence-electron chi connectivity index (χ2n) is 8.35. The number of hydrogen-bond donors (Lipinski definition) is 1. The molecule has 0 bridgehead atoms. The highest BCUT2D eigenvalue weighted by molar-refractivity contribution is 5.89. The standard InChI is InChI=1S/C19H29N3O6/c1-19(2,3)28-18(25)21-8-7-13(10-21)12-27-16-14(17(23)24)11-22(20-16)15-6-4-5-9-26-15/h11,13,15H,4-10,12H2,1-3H3,(H,23,24). The largest absolute Gasteiger partial charge is 0.477 e. The fraction of sp³-hybridized carbons (Fsp3) is 0.737. The van der Waals surface area contributed by atoms with Gasteiger partial charge in [0.1, 0.15) is 17.4 Å².